The molecule has 0 bridgehead atoms. The molecule has 0 radical (unpaired) electrons. The van der Waals surface area contributed by atoms with E-state index in [4.69, 9.17) is 11.5 Å². The summed E-state index contributed by atoms with van der Waals surface area (Å²) >= 11 is 0. The van der Waals surface area contributed by atoms with E-state index >= 15 is 0 Å². The van der Waals surface area contributed by atoms with Crippen molar-refractivity contribution in [1.82, 2.24) is 9.88 Å². The standard InChI is InChI=1S/C18H27N5O2/c1-12-3-5-14(17(20)25)18(21-12)22-10-7-15-13(11-22)4-6-16(24)23(15)9-2-8-19/h3,5,13,15H,2,4,6-11,19H2,1H3,(H2,20,25)/t13-,15+/m0/s1. The summed E-state index contributed by atoms with van der Waals surface area (Å²) in [5, 5.41) is 0. The number of carbonyl (C=O) groups excluding carboxylic acids is 2. The van der Waals surface area contributed by atoms with E-state index in [1.54, 1.807) is 6.07 Å². The summed E-state index contributed by atoms with van der Waals surface area (Å²) < 4.78 is 0. The third kappa shape index (κ3) is 3.61. The fourth-order valence-electron chi connectivity index (χ4n) is 4.07. The fraction of sp³-hybridized carbons (Fsp3) is 0.611. The molecule has 7 heteroatoms. The summed E-state index contributed by atoms with van der Waals surface area (Å²) in [6.45, 7) is 4.82. The SMILES string of the molecule is Cc1ccc(C(N)=O)c(N2CC[C@@H]3[C@@H](CCC(=O)N3CCCN)C2)n1. The number of aryl methyl sites for hydroxylation is 1. The number of carbonyl (C=O) groups is 2. The number of rotatable bonds is 5. The van der Waals surface area contributed by atoms with Gasteiger partial charge in [0.25, 0.3) is 5.91 Å². The second kappa shape index (κ2) is 7.39. The van der Waals surface area contributed by atoms with Crippen LogP contribution in [0.1, 0.15) is 41.7 Å². The van der Waals surface area contributed by atoms with Gasteiger partial charge >= 0.3 is 0 Å². The number of piperidine rings is 2. The number of aromatic nitrogens is 1. The smallest absolute Gasteiger partial charge is 0.252 e. The summed E-state index contributed by atoms with van der Waals surface area (Å²) in [6.07, 6.45) is 3.19. The molecule has 0 aliphatic carbocycles. The van der Waals surface area contributed by atoms with Gasteiger partial charge in [-0.15, -0.1) is 0 Å². The largest absolute Gasteiger partial charge is 0.365 e. The maximum absolute atomic E-state index is 12.3. The Morgan fingerprint density at radius 2 is 2.16 bits per heavy atom. The maximum Gasteiger partial charge on any atom is 0.252 e. The number of nitrogens with zero attached hydrogens (tertiary/aromatic N) is 3. The van der Waals surface area contributed by atoms with Crippen LogP contribution in [0.4, 0.5) is 5.82 Å². The molecule has 0 saturated carbocycles. The van der Waals surface area contributed by atoms with Gasteiger partial charge in [-0.05, 0) is 50.8 Å². The first-order valence-electron chi connectivity index (χ1n) is 9.03. The van der Waals surface area contributed by atoms with Gasteiger partial charge in [-0.2, -0.15) is 0 Å². The van der Waals surface area contributed by atoms with Crippen molar-refractivity contribution in [3.8, 4) is 0 Å². The molecule has 2 aliphatic rings. The highest BCUT2D eigenvalue weighted by molar-refractivity contribution is 5.97. The van der Waals surface area contributed by atoms with Gasteiger partial charge in [0.2, 0.25) is 5.91 Å². The number of likely N-dealkylation sites (tertiary alicyclic amines) is 1. The minimum atomic E-state index is -0.451. The highest BCUT2D eigenvalue weighted by atomic mass is 16.2. The van der Waals surface area contributed by atoms with Gasteiger partial charge in [-0.1, -0.05) is 0 Å². The van der Waals surface area contributed by atoms with E-state index in [2.05, 4.69) is 9.88 Å². The first-order chi connectivity index (χ1) is 12.0. The van der Waals surface area contributed by atoms with Crippen molar-refractivity contribution in [2.24, 2.45) is 17.4 Å². The van der Waals surface area contributed by atoms with Crippen LogP contribution in [0.2, 0.25) is 0 Å². The van der Waals surface area contributed by atoms with Crippen LogP contribution in [0.3, 0.4) is 0 Å². The van der Waals surface area contributed by atoms with E-state index in [0.717, 1.165) is 44.6 Å². The zero-order valence-electron chi connectivity index (χ0n) is 14.8. The quantitative estimate of drug-likeness (QED) is 0.815. The van der Waals surface area contributed by atoms with Crippen LogP contribution in [0.25, 0.3) is 0 Å². The van der Waals surface area contributed by atoms with Crippen molar-refractivity contribution < 1.29 is 9.59 Å². The zero-order valence-corrected chi connectivity index (χ0v) is 14.8. The van der Waals surface area contributed by atoms with E-state index in [9.17, 15) is 9.59 Å². The van der Waals surface area contributed by atoms with Crippen LogP contribution in [0, 0.1) is 12.8 Å². The van der Waals surface area contributed by atoms with E-state index in [1.807, 2.05) is 17.9 Å². The van der Waals surface area contributed by atoms with Gasteiger partial charge in [-0.3, -0.25) is 9.59 Å². The lowest BCUT2D eigenvalue weighted by atomic mass is 9.83. The number of nitrogens with two attached hydrogens (primary N) is 2. The molecular formula is C18H27N5O2. The van der Waals surface area contributed by atoms with E-state index in [-0.39, 0.29) is 11.9 Å². The van der Waals surface area contributed by atoms with E-state index in [1.165, 1.54) is 0 Å². The summed E-state index contributed by atoms with van der Waals surface area (Å²) in [4.78, 5) is 32.8. The molecule has 136 valence electrons. The molecule has 3 heterocycles. The molecular weight excluding hydrogens is 318 g/mol. The van der Waals surface area contributed by atoms with Crippen molar-refractivity contribution in [3.63, 3.8) is 0 Å². The minimum absolute atomic E-state index is 0.245. The number of anilines is 1. The summed E-state index contributed by atoms with van der Waals surface area (Å²) in [5.41, 5.74) is 12.5. The predicted octanol–water partition coefficient (Wildman–Crippen LogP) is 0.655. The van der Waals surface area contributed by atoms with Crippen LogP contribution in [0.15, 0.2) is 12.1 Å². The number of fused-ring (bicyclic) bond motifs is 1. The van der Waals surface area contributed by atoms with Gasteiger partial charge < -0.3 is 21.3 Å². The van der Waals surface area contributed by atoms with Crippen LogP contribution < -0.4 is 16.4 Å². The normalized spacial score (nSPS) is 23.5. The molecule has 25 heavy (non-hydrogen) atoms. The second-order valence-corrected chi connectivity index (χ2v) is 7.02. The topological polar surface area (TPSA) is 106 Å². The highest BCUT2D eigenvalue weighted by Gasteiger charge is 2.39. The highest BCUT2D eigenvalue weighted by Crippen LogP contribution is 2.33. The van der Waals surface area contributed by atoms with Crippen molar-refractivity contribution in [3.05, 3.63) is 23.4 Å². The molecule has 2 saturated heterocycles. The number of hydrogen-bond acceptors (Lipinski definition) is 5. The van der Waals surface area contributed by atoms with Crippen molar-refractivity contribution in [1.29, 1.82) is 0 Å². The van der Waals surface area contributed by atoms with Crippen molar-refractivity contribution >= 4 is 17.6 Å². The summed E-state index contributed by atoms with van der Waals surface area (Å²) in [6, 6.07) is 3.83. The average molecular weight is 345 g/mol. The van der Waals surface area contributed by atoms with Gasteiger partial charge in [0, 0.05) is 37.8 Å². The molecule has 0 spiro atoms. The third-order valence-electron chi connectivity index (χ3n) is 5.33. The lowest BCUT2D eigenvalue weighted by Gasteiger charge is -2.47. The summed E-state index contributed by atoms with van der Waals surface area (Å²) in [7, 11) is 0. The Kier molecular flexibility index (Phi) is 5.22. The van der Waals surface area contributed by atoms with Crippen LogP contribution in [-0.4, -0.2) is 53.9 Å². The Bertz CT molecular complexity index is 663. The van der Waals surface area contributed by atoms with E-state index in [0.29, 0.717) is 30.3 Å². The Morgan fingerprint density at radius 1 is 1.36 bits per heavy atom. The van der Waals surface area contributed by atoms with Crippen LogP contribution in [0.5, 0.6) is 0 Å². The fourth-order valence-corrected chi connectivity index (χ4v) is 4.07. The Morgan fingerprint density at radius 3 is 2.88 bits per heavy atom. The Hall–Kier alpha value is -2.15. The Labute approximate surface area is 148 Å². The van der Waals surface area contributed by atoms with Gasteiger partial charge in [-0.25, -0.2) is 4.98 Å². The monoisotopic (exact) mass is 345 g/mol. The van der Waals surface area contributed by atoms with Crippen LogP contribution >= 0.6 is 0 Å². The minimum Gasteiger partial charge on any atom is -0.365 e. The molecule has 2 atom stereocenters. The number of amides is 2. The maximum atomic E-state index is 12.3. The Balaban J connectivity index is 1.79. The molecule has 4 N–H and O–H groups in total. The molecule has 7 nitrogen and oxygen atoms in total. The lowest BCUT2D eigenvalue weighted by Crippen LogP contribution is -2.56. The molecule has 2 amide bonds. The number of pyridine rings is 1. The van der Waals surface area contributed by atoms with Crippen molar-refractivity contribution in [2.45, 2.75) is 38.6 Å². The van der Waals surface area contributed by atoms with Crippen molar-refractivity contribution in [2.75, 3.05) is 31.1 Å². The number of primary amides is 1. The molecule has 2 fully saturated rings. The molecule has 2 aliphatic heterocycles. The third-order valence-corrected chi connectivity index (χ3v) is 5.33. The lowest BCUT2D eigenvalue weighted by molar-refractivity contribution is -0.139. The predicted molar refractivity (Wildman–Crippen MR) is 96.2 cm³/mol. The molecule has 0 aromatic carbocycles. The average Bonchev–Trinajstić information content (AvgIpc) is 2.60. The van der Waals surface area contributed by atoms with Gasteiger partial charge in [0.05, 0.1) is 5.56 Å². The molecule has 1 aromatic heterocycles. The number of hydrogen-bond donors (Lipinski definition) is 2. The van der Waals surface area contributed by atoms with Crippen LogP contribution in [-0.2, 0) is 4.79 Å². The zero-order chi connectivity index (χ0) is 18.0. The van der Waals surface area contributed by atoms with Gasteiger partial charge in [0.15, 0.2) is 0 Å². The molecule has 0 unspecified atom stereocenters. The first kappa shape index (κ1) is 17.7. The molecule has 1 aromatic rings. The summed E-state index contributed by atoms with van der Waals surface area (Å²) in [5.74, 6) is 0.867. The molecule has 3 rings (SSSR count). The first-order valence-corrected chi connectivity index (χ1v) is 9.03. The second-order valence-electron chi connectivity index (χ2n) is 7.02. The van der Waals surface area contributed by atoms with Gasteiger partial charge in [0.1, 0.15) is 5.82 Å². The van der Waals surface area contributed by atoms with E-state index < -0.39 is 5.91 Å².